The molecule has 78 valence electrons. The van der Waals surface area contributed by atoms with Crippen molar-refractivity contribution >= 4 is 12.0 Å². The summed E-state index contributed by atoms with van der Waals surface area (Å²) in [7, 11) is 0. The van der Waals surface area contributed by atoms with Crippen molar-refractivity contribution in [3.8, 4) is 5.75 Å². The summed E-state index contributed by atoms with van der Waals surface area (Å²) < 4.78 is 10.7. The van der Waals surface area contributed by atoms with Gasteiger partial charge in [0, 0.05) is 6.26 Å². The average molecular weight is 212 g/mol. The van der Waals surface area contributed by atoms with Crippen molar-refractivity contribution in [1.29, 1.82) is 0 Å². The summed E-state index contributed by atoms with van der Waals surface area (Å²) in [4.78, 5) is 0. The van der Waals surface area contributed by atoms with Gasteiger partial charge in [0.2, 0.25) is 0 Å². The molecule has 0 aliphatic heterocycles. The van der Waals surface area contributed by atoms with Gasteiger partial charge < -0.3 is 8.92 Å². The Kier molecular flexibility index (Phi) is 4.84. The molecule has 0 unspecified atom stereocenters. The molecule has 1 aromatic rings. The molecule has 0 radical (unpaired) electrons. The Morgan fingerprint density at radius 2 is 1.86 bits per heavy atom. The Labute approximate surface area is 89.8 Å². The van der Waals surface area contributed by atoms with Crippen LogP contribution in [0.5, 0.6) is 5.75 Å². The van der Waals surface area contributed by atoms with Crippen molar-refractivity contribution in [2.75, 3.05) is 6.26 Å². The van der Waals surface area contributed by atoms with E-state index in [9.17, 15) is 0 Å². The van der Waals surface area contributed by atoms with E-state index in [1.807, 2.05) is 44.4 Å². The van der Waals surface area contributed by atoms with Crippen LogP contribution in [0.2, 0.25) is 0 Å². The van der Waals surface area contributed by atoms with E-state index in [0.29, 0.717) is 6.61 Å². The highest BCUT2D eigenvalue weighted by molar-refractivity contribution is 7.94. The first kappa shape index (κ1) is 11.4. The molecule has 0 fully saturated rings. The van der Waals surface area contributed by atoms with Gasteiger partial charge in [-0.2, -0.15) is 0 Å². The molecular formula is C11H16O2S. The Morgan fingerprint density at radius 1 is 1.21 bits per heavy atom. The summed E-state index contributed by atoms with van der Waals surface area (Å²) in [6, 6.07) is 7.95. The molecule has 1 rings (SSSR count). The standard InChI is InChI=1S/C11H16O2S/c1-9(2)12-8-10-4-6-11(7-5-10)13-14-3/h4-7,9H,8H2,1-3H3. The van der Waals surface area contributed by atoms with Gasteiger partial charge in [-0.25, -0.2) is 0 Å². The topological polar surface area (TPSA) is 18.5 Å². The van der Waals surface area contributed by atoms with Gasteiger partial charge in [0.15, 0.2) is 0 Å². The van der Waals surface area contributed by atoms with Crippen LogP contribution in [0, 0.1) is 0 Å². The van der Waals surface area contributed by atoms with Crippen LogP contribution in [-0.4, -0.2) is 12.4 Å². The van der Waals surface area contributed by atoms with Gasteiger partial charge in [0.25, 0.3) is 0 Å². The summed E-state index contributed by atoms with van der Waals surface area (Å²) in [6.07, 6.45) is 2.17. The minimum absolute atomic E-state index is 0.275. The molecule has 0 heterocycles. The van der Waals surface area contributed by atoms with Crippen molar-refractivity contribution in [2.24, 2.45) is 0 Å². The van der Waals surface area contributed by atoms with Crippen molar-refractivity contribution < 1.29 is 8.92 Å². The van der Waals surface area contributed by atoms with Gasteiger partial charge in [0.1, 0.15) is 5.75 Å². The van der Waals surface area contributed by atoms with E-state index >= 15 is 0 Å². The molecular weight excluding hydrogens is 196 g/mol. The van der Waals surface area contributed by atoms with E-state index in [1.165, 1.54) is 17.6 Å². The van der Waals surface area contributed by atoms with Crippen LogP contribution in [0.1, 0.15) is 19.4 Å². The van der Waals surface area contributed by atoms with Crippen molar-refractivity contribution in [1.82, 2.24) is 0 Å². The largest absolute Gasteiger partial charge is 0.426 e. The highest BCUT2D eigenvalue weighted by Gasteiger charge is 1.97. The fourth-order valence-electron chi connectivity index (χ4n) is 1.00. The molecule has 0 N–H and O–H groups in total. The monoisotopic (exact) mass is 212 g/mol. The SMILES string of the molecule is CSOc1ccc(COC(C)C)cc1. The van der Waals surface area contributed by atoms with Gasteiger partial charge in [-0.1, -0.05) is 12.1 Å². The predicted molar refractivity (Wildman–Crippen MR) is 60.5 cm³/mol. The second-order valence-corrected chi connectivity index (χ2v) is 3.75. The third kappa shape index (κ3) is 4.03. The zero-order chi connectivity index (χ0) is 10.4. The van der Waals surface area contributed by atoms with Crippen LogP contribution in [0.15, 0.2) is 24.3 Å². The third-order valence-electron chi connectivity index (χ3n) is 1.69. The molecule has 0 saturated heterocycles. The predicted octanol–water partition coefficient (Wildman–Crippen LogP) is 3.27. The number of hydrogen-bond acceptors (Lipinski definition) is 3. The number of hydrogen-bond donors (Lipinski definition) is 0. The van der Waals surface area contributed by atoms with Gasteiger partial charge in [-0.05, 0) is 31.5 Å². The van der Waals surface area contributed by atoms with Crippen molar-refractivity contribution in [3.05, 3.63) is 29.8 Å². The Hall–Kier alpha value is -0.670. The fraction of sp³-hybridized carbons (Fsp3) is 0.455. The van der Waals surface area contributed by atoms with Crippen LogP contribution in [-0.2, 0) is 11.3 Å². The maximum atomic E-state index is 5.48. The molecule has 0 aliphatic carbocycles. The molecule has 0 aromatic heterocycles. The van der Waals surface area contributed by atoms with E-state index < -0.39 is 0 Å². The van der Waals surface area contributed by atoms with E-state index in [-0.39, 0.29) is 6.10 Å². The quantitative estimate of drug-likeness (QED) is 0.698. The molecule has 14 heavy (non-hydrogen) atoms. The first-order valence-electron chi connectivity index (χ1n) is 4.63. The molecule has 0 spiro atoms. The molecule has 1 aromatic carbocycles. The summed E-state index contributed by atoms with van der Waals surface area (Å²) in [5.41, 5.74) is 1.17. The number of rotatable bonds is 5. The lowest BCUT2D eigenvalue weighted by atomic mass is 10.2. The van der Waals surface area contributed by atoms with Crippen LogP contribution in [0.25, 0.3) is 0 Å². The van der Waals surface area contributed by atoms with E-state index in [2.05, 4.69) is 0 Å². The lowest BCUT2D eigenvalue weighted by molar-refractivity contribution is 0.0657. The zero-order valence-electron chi connectivity index (χ0n) is 8.82. The smallest absolute Gasteiger partial charge is 0.137 e. The highest BCUT2D eigenvalue weighted by atomic mass is 32.2. The maximum Gasteiger partial charge on any atom is 0.137 e. The molecule has 3 heteroatoms. The fourth-order valence-corrected chi connectivity index (χ4v) is 1.30. The molecule has 0 aliphatic rings. The highest BCUT2D eigenvalue weighted by Crippen LogP contribution is 2.16. The van der Waals surface area contributed by atoms with E-state index in [4.69, 9.17) is 8.92 Å². The first-order chi connectivity index (χ1) is 6.72. The van der Waals surface area contributed by atoms with Crippen LogP contribution < -0.4 is 4.18 Å². The molecule has 0 bridgehead atoms. The number of ether oxygens (including phenoxy) is 1. The molecule has 0 saturated carbocycles. The van der Waals surface area contributed by atoms with Gasteiger partial charge in [-0.3, -0.25) is 0 Å². The Bertz CT molecular complexity index is 256. The normalized spacial score (nSPS) is 10.6. The van der Waals surface area contributed by atoms with Gasteiger partial charge in [-0.15, -0.1) is 0 Å². The Morgan fingerprint density at radius 3 is 2.36 bits per heavy atom. The van der Waals surface area contributed by atoms with E-state index in [0.717, 1.165) is 5.75 Å². The lowest BCUT2D eigenvalue weighted by Gasteiger charge is -2.07. The van der Waals surface area contributed by atoms with Crippen molar-refractivity contribution in [2.45, 2.75) is 26.6 Å². The second-order valence-electron chi connectivity index (χ2n) is 3.25. The Balaban J connectivity index is 2.46. The average Bonchev–Trinajstić information content (AvgIpc) is 2.17. The molecule has 0 atom stereocenters. The summed E-state index contributed by atoms with van der Waals surface area (Å²) in [5, 5.41) is 0. The van der Waals surface area contributed by atoms with Crippen LogP contribution in [0.3, 0.4) is 0 Å². The first-order valence-corrected chi connectivity index (χ1v) is 5.78. The van der Waals surface area contributed by atoms with Crippen molar-refractivity contribution in [3.63, 3.8) is 0 Å². The van der Waals surface area contributed by atoms with Crippen LogP contribution >= 0.6 is 12.0 Å². The van der Waals surface area contributed by atoms with Gasteiger partial charge in [0.05, 0.1) is 24.8 Å². The molecule has 0 amide bonds. The van der Waals surface area contributed by atoms with E-state index in [1.54, 1.807) is 0 Å². The summed E-state index contributed by atoms with van der Waals surface area (Å²) in [5.74, 6) is 0.880. The third-order valence-corrected chi connectivity index (χ3v) is 2.05. The molecule has 2 nitrogen and oxygen atoms in total. The van der Waals surface area contributed by atoms with Crippen LogP contribution in [0.4, 0.5) is 0 Å². The summed E-state index contributed by atoms with van der Waals surface area (Å²) >= 11 is 1.35. The minimum atomic E-state index is 0.275. The maximum absolute atomic E-state index is 5.48. The van der Waals surface area contributed by atoms with Gasteiger partial charge >= 0.3 is 0 Å². The second kappa shape index (κ2) is 5.94. The zero-order valence-corrected chi connectivity index (χ0v) is 9.64. The minimum Gasteiger partial charge on any atom is -0.426 e. The lowest BCUT2D eigenvalue weighted by Crippen LogP contribution is -2.01. The summed E-state index contributed by atoms with van der Waals surface area (Å²) in [6.45, 7) is 4.73. The number of benzene rings is 1.